The van der Waals surface area contributed by atoms with E-state index in [1.165, 1.54) is 7.11 Å². The smallest absolute Gasteiger partial charge is 0.348 e. The summed E-state index contributed by atoms with van der Waals surface area (Å²) in [5, 5.41) is 0.405. The Morgan fingerprint density at radius 3 is 2.62 bits per heavy atom. The Balaban J connectivity index is 2.15. The van der Waals surface area contributed by atoms with Crippen LogP contribution in [0.15, 0.2) is 23.0 Å². The van der Waals surface area contributed by atoms with Crippen molar-refractivity contribution in [1.82, 2.24) is 9.97 Å². The van der Waals surface area contributed by atoms with Crippen LogP contribution in [0.25, 0.3) is 21.6 Å². The molecule has 0 fully saturated rings. The highest BCUT2D eigenvalue weighted by Gasteiger charge is 2.20. The Morgan fingerprint density at radius 2 is 1.96 bits per heavy atom. The number of methoxy groups -OCH3 is 2. The van der Waals surface area contributed by atoms with E-state index in [1.54, 1.807) is 39.2 Å². The van der Waals surface area contributed by atoms with E-state index in [-0.39, 0.29) is 12.2 Å². The Morgan fingerprint density at radius 1 is 1.23 bits per heavy atom. The third-order valence-electron chi connectivity index (χ3n) is 3.92. The van der Waals surface area contributed by atoms with E-state index in [2.05, 4.69) is 9.97 Å². The maximum atomic E-state index is 12.6. The fourth-order valence-electron chi connectivity index (χ4n) is 2.66. The van der Waals surface area contributed by atoms with Crippen LogP contribution in [0.1, 0.15) is 22.2 Å². The van der Waals surface area contributed by atoms with Gasteiger partial charge < -0.3 is 19.2 Å². The number of fused-ring (bicyclic) bond motifs is 1. The summed E-state index contributed by atoms with van der Waals surface area (Å²) in [6, 6.07) is 5.25. The number of aromatic amines is 1. The summed E-state index contributed by atoms with van der Waals surface area (Å²) in [4.78, 5) is 32.8. The number of H-pyrrole nitrogens is 1. The molecule has 0 amide bonds. The molecular weight excluding hydrogens is 356 g/mol. The quantitative estimate of drug-likeness (QED) is 0.690. The predicted molar refractivity (Wildman–Crippen MR) is 99.5 cm³/mol. The number of benzene rings is 1. The fourth-order valence-corrected chi connectivity index (χ4v) is 3.73. The van der Waals surface area contributed by atoms with Gasteiger partial charge >= 0.3 is 5.97 Å². The van der Waals surface area contributed by atoms with E-state index in [0.717, 1.165) is 11.3 Å². The second-order valence-electron chi connectivity index (χ2n) is 5.44. The van der Waals surface area contributed by atoms with Crippen molar-refractivity contribution in [2.75, 3.05) is 20.8 Å². The topological polar surface area (TPSA) is 90.5 Å². The summed E-state index contributed by atoms with van der Waals surface area (Å²) in [5.41, 5.74) is 0.950. The van der Waals surface area contributed by atoms with Crippen molar-refractivity contribution in [2.24, 2.45) is 0 Å². The molecule has 0 aliphatic rings. The molecule has 136 valence electrons. The first-order valence-corrected chi connectivity index (χ1v) is 8.74. The van der Waals surface area contributed by atoms with E-state index in [4.69, 9.17) is 14.2 Å². The zero-order valence-electron chi connectivity index (χ0n) is 14.8. The highest BCUT2D eigenvalue weighted by molar-refractivity contribution is 7.20. The molecular formula is C18H18N2O5S. The number of nitrogens with zero attached hydrogens (tertiary/aromatic N) is 1. The molecule has 1 aromatic carbocycles. The molecule has 1 N–H and O–H groups in total. The molecule has 0 bridgehead atoms. The van der Waals surface area contributed by atoms with Crippen LogP contribution in [0.4, 0.5) is 0 Å². The average molecular weight is 374 g/mol. The summed E-state index contributed by atoms with van der Waals surface area (Å²) in [5.74, 6) is 1.05. The van der Waals surface area contributed by atoms with Crippen LogP contribution in [0.3, 0.4) is 0 Å². The lowest BCUT2D eigenvalue weighted by molar-refractivity contribution is 0.0531. The van der Waals surface area contributed by atoms with Crippen molar-refractivity contribution in [3.63, 3.8) is 0 Å². The molecule has 8 heteroatoms. The Labute approximate surface area is 153 Å². The minimum Gasteiger partial charge on any atom is -0.493 e. The zero-order chi connectivity index (χ0) is 18.8. The number of esters is 1. The molecule has 3 rings (SSSR count). The van der Waals surface area contributed by atoms with Gasteiger partial charge in [0, 0.05) is 5.56 Å². The minimum atomic E-state index is -0.444. The second-order valence-corrected chi connectivity index (χ2v) is 6.44. The van der Waals surface area contributed by atoms with Gasteiger partial charge in [-0.25, -0.2) is 9.78 Å². The molecule has 0 spiro atoms. The molecule has 2 heterocycles. The van der Waals surface area contributed by atoms with Gasteiger partial charge in [0.2, 0.25) is 0 Å². The lowest BCUT2D eigenvalue weighted by atomic mass is 10.1. The summed E-state index contributed by atoms with van der Waals surface area (Å²) in [6.45, 7) is 3.73. The molecule has 2 aromatic heterocycles. The first-order valence-electron chi connectivity index (χ1n) is 7.93. The lowest BCUT2D eigenvalue weighted by Crippen LogP contribution is -2.10. The maximum Gasteiger partial charge on any atom is 0.348 e. The molecule has 0 aliphatic carbocycles. The number of carbonyl (C=O) groups is 1. The van der Waals surface area contributed by atoms with Crippen LogP contribution < -0.4 is 15.0 Å². The third kappa shape index (κ3) is 3.03. The SMILES string of the molecule is CCOC(=O)c1sc2nc(-c3ccc(OC)c(OC)c3)[nH]c(=O)c2c1C. The predicted octanol–water partition coefficient (Wildman–Crippen LogP) is 3.15. The minimum absolute atomic E-state index is 0.271. The monoisotopic (exact) mass is 374 g/mol. The third-order valence-corrected chi connectivity index (χ3v) is 5.08. The number of nitrogens with one attached hydrogen (secondary N) is 1. The van der Waals surface area contributed by atoms with Crippen molar-refractivity contribution in [1.29, 1.82) is 0 Å². The van der Waals surface area contributed by atoms with Crippen LogP contribution in [0.2, 0.25) is 0 Å². The molecule has 0 atom stereocenters. The summed E-state index contributed by atoms with van der Waals surface area (Å²) in [6.07, 6.45) is 0. The van der Waals surface area contributed by atoms with Gasteiger partial charge in [-0.15, -0.1) is 11.3 Å². The van der Waals surface area contributed by atoms with E-state index >= 15 is 0 Å². The van der Waals surface area contributed by atoms with Crippen LogP contribution in [-0.4, -0.2) is 36.8 Å². The van der Waals surface area contributed by atoms with Crippen LogP contribution in [0, 0.1) is 6.92 Å². The van der Waals surface area contributed by atoms with E-state index < -0.39 is 5.97 Å². The van der Waals surface area contributed by atoms with Crippen LogP contribution in [-0.2, 0) is 4.74 Å². The van der Waals surface area contributed by atoms with Gasteiger partial charge in [0.25, 0.3) is 5.56 Å². The summed E-state index contributed by atoms with van der Waals surface area (Å²) >= 11 is 1.15. The Bertz CT molecular complexity index is 1040. The van der Waals surface area contributed by atoms with E-state index in [9.17, 15) is 9.59 Å². The first kappa shape index (κ1) is 17.9. The van der Waals surface area contributed by atoms with Crippen LogP contribution in [0.5, 0.6) is 11.5 Å². The first-order chi connectivity index (χ1) is 12.5. The Kier molecular flexibility index (Phi) is 4.94. The number of hydrogen-bond acceptors (Lipinski definition) is 7. The van der Waals surface area contributed by atoms with E-state index in [1.807, 2.05) is 0 Å². The number of ether oxygens (including phenoxy) is 3. The Hall–Kier alpha value is -2.87. The number of aromatic nitrogens is 2. The maximum absolute atomic E-state index is 12.6. The number of aryl methyl sites for hydroxylation is 1. The van der Waals surface area contributed by atoms with E-state index in [0.29, 0.717) is 43.5 Å². The van der Waals surface area contributed by atoms with Crippen LogP contribution >= 0.6 is 11.3 Å². The molecule has 3 aromatic rings. The molecule has 26 heavy (non-hydrogen) atoms. The number of rotatable bonds is 5. The fraction of sp³-hybridized carbons (Fsp3) is 0.278. The molecule has 7 nitrogen and oxygen atoms in total. The molecule has 0 saturated carbocycles. The van der Waals surface area contributed by atoms with Gasteiger partial charge in [0.15, 0.2) is 11.5 Å². The molecule has 0 saturated heterocycles. The lowest BCUT2D eigenvalue weighted by Gasteiger charge is -2.09. The van der Waals surface area contributed by atoms with Crippen molar-refractivity contribution < 1.29 is 19.0 Å². The highest BCUT2D eigenvalue weighted by Crippen LogP contribution is 2.33. The number of thiophene rings is 1. The average Bonchev–Trinajstić information content (AvgIpc) is 2.98. The van der Waals surface area contributed by atoms with Gasteiger partial charge in [-0.05, 0) is 37.6 Å². The number of carbonyl (C=O) groups excluding carboxylic acids is 1. The molecule has 0 radical (unpaired) electrons. The summed E-state index contributed by atoms with van der Waals surface area (Å²) < 4.78 is 15.6. The molecule has 0 aliphatic heterocycles. The standard InChI is InChI=1S/C18H18N2O5S/c1-5-25-18(22)14-9(2)13-16(21)19-15(20-17(13)26-14)10-6-7-11(23-3)12(8-10)24-4/h6-8H,5H2,1-4H3,(H,19,20,21). The largest absolute Gasteiger partial charge is 0.493 e. The zero-order valence-corrected chi connectivity index (χ0v) is 15.7. The van der Waals surface area contributed by atoms with Gasteiger partial charge in [-0.1, -0.05) is 0 Å². The van der Waals surface area contributed by atoms with Crippen molar-refractivity contribution in [3.05, 3.63) is 39.0 Å². The number of hydrogen-bond donors (Lipinski definition) is 1. The molecule has 0 unspecified atom stereocenters. The van der Waals surface area contributed by atoms with Gasteiger partial charge in [-0.3, -0.25) is 4.79 Å². The summed E-state index contributed by atoms with van der Waals surface area (Å²) in [7, 11) is 3.09. The van der Waals surface area contributed by atoms with Gasteiger partial charge in [0.05, 0.1) is 26.2 Å². The van der Waals surface area contributed by atoms with Crippen molar-refractivity contribution >= 4 is 27.5 Å². The van der Waals surface area contributed by atoms with Crippen molar-refractivity contribution in [3.8, 4) is 22.9 Å². The second kappa shape index (κ2) is 7.17. The van der Waals surface area contributed by atoms with Gasteiger partial charge in [0.1, 0.15) is 15.5 Å². The van der Waals surface area contributed by atoms with Gasteiger partial charge in [-0.2, -0.15) is 0 Å². The van der Waals surface area contributed by atoms with Crippen molar-refractivity contribution in [2.45, 2.75) is 13.8 Å². The normalized spacial score (nSPS) is 10.8. The highest BCUT2D eigenvalue weighted by atomic mass is 32.1.